The maximum atomic E-state index is 14.1. The van der Waals surface area contributed by atoms with E-state index >= 15 is 0 Å². The first kappa shape index (κ1) is 28.2. The van der Waals surface area contributed by atoms with E-state index in [2.05, 4.69) is 26.7 Å². The molecule has 1 aromatic heterocycles. The molecular formula is C26H30FN5O3U-2. The van der Waals surface area contributed by atoms with Crippen molar-refractivity contribution in [1.29, 1.82) is 0 Å². The van der Waals surface area contributed by atoms with Crippen molar-refractivity contribution in [3.8, 4) is 11.5 Å². The number of likely N-dealkylation sites (N-methyl/N-ethyl adjacent to an activating group) is 2. The van der Waals surface area contributed by atoms with Crippen LogP contribution in [0.2, 0.25) is 0 Å². The van der Waals surface area contributed by atoms with Gasteiger partial charge in [-0.05, 0) is 37.4 Å². The summed E-state index contributed by atoms with van der Waals surface area (Å²) in [4.78, 5) is 23.1. The minimum absolute atomic E-state index is 0. The maximum absolute atomic E-state index is 14.1. The van der Waals surface area contributed by atoms with E-state index < -0.39 is 5.82 Å². The Hall–Kier alpha value is -2.41. The number of aromatic nitrogens is 2. The van der Waals surface area contributed by atoms with Gasteiger partial charge in [0.2, 0.25) is 5.91 Å². The number of rotatable bonds is 9. The molecule has 1 heterocycles. The van der Waals surface area contributed by atoms with Crippen LogP contribution in [0.5, 0.6) is 11.5 Å². The molecule has 1 aliphatic rings. The van der Waals surface area contributed by atoms with Crippen molar-refractivity contribution >= 4 is 28.3 Å². The smallest absolute Gasteiger partial charge is 0.225 e. The third-order valence-corrected chi connectivity index (χ3v) is 6.33. The Labute approximate surface area is 234 Å². The van der Waals surface area contributed by atoms with E-state index in [1.165, 1.54) is 12.4 Å². The number of amides is 1. The Balaban J connectivity index is 0.00000361. The molecule has 0 bridgehead atoms. The van der Waals surface area contributed by atoms with Gasteiger partial charge in [0.1, 0.15) is 12.1 Å². The Morgan fingerprint density at radius 2 is 2.03 bits per heavy atom. The molecule has 1 N–H and O–H groups in total. The molecule has 0 radical (unpaired) electrons. The summed E-state index contributed by atoms with van der Waals surface area (Å²) in [5.74, 6) is 1.27. The van der Waals surface area contributed by atoms with Gasteiger partial charge in [-0.1, -0.05) is 0 Å². The summed E-state index contributed by atoms with van der Waals surface area (Å²) in [6.45, 7) is 1.29. The van der Waals surface area contributed by atoms with Crippen molar-refractivity contribution in [2.75, 3.05) is 39.6 Å². The van der Waals surface area contributed by atoms with Gasteiger partial charge in [0.25, 0.3) is 0 Å². The standard InChI is InChI=1S/C26H30FN5O3.U/c1-28-12-13-32(2)26(33)17-8-10-18(11-9-17)35-24-14-19-22(15-23(24)34-3)29-16-30-25(19)31-21-7-5-4-6-20(21)27;/h4-5,7,14-18H,8-13H2,1-3H3,(H,29,30,31);/q-2;. The Morgan fingerprint density at radius 3 is 2.72 bits per heavy atom. The minimum atomic E-state index is -0.495. The van der Waals surface area contributed by atoms with E-state index in [-0.39, 0.29) is 54.7 Å². The molecule has 10 heteroatoms. The number of carbonyl (C=O) groups excluding carboxylic acids is 1. The molecule has 1 saturated carbocycles. The second-order valence-corrected chi connectivity index (χ2v) is 8.66. The fourth-order valence-corrected chi connectivity index (χ4v) is 4.33. The van der Waals surface area contributed by atoms with E-state index in [1.54, 1.807) is 37.3 Å². The second kappa shape index (κ2) is 13.2. The number of nitrogens with zero attached hydrogens (tertiary/aromatic N) is 4. The fraction of sp³-hybridized carbons (Fsp3) is 0.423. The molecule has 1 aliphatic carbocycles. The number of halogens is 1. The molecule has 0 aliphatic heterocycles. The molecule has 3 aromatic rings. The van der Waals surface area contributed by atoms with Crippen LogP contribution in [0.25, 0.3) is 16.2 Å². The fourth-order valence-electron chi connectivity index (χ4n) is 4.33. The summed E-state index contributed by atoms with van der Waals surface area (Å²) in [5.41, 5.74) is 0.912. The first-order valence-corrected chi connectivity index (χ1v) is 11.7. The topological polar surface area (TPSA) is 90.7 Å². The van der Waals surface area contributed by atoms with Crippen LogP contribution in [0.1, 0.15) is 25.7 Å². The van der Waals surface area contributed by atoms with Crippen LogP contribution < -0.4 is 14.8 Å². The average molecular weight is 718 g/mol. The van der Waals surface area contributed by atoms with Crippen molar-refractivity contribution in [2.24, 2.45) is 5.92 Å². The zero-order valence-corrected chi connectivity index (χ0v) is 24.9. The molecular weight excluding hydrogens is 687 g/mol. The summed E-state index contributed by atoms with van der Waals surface area (Å²) < 4.78 is 26.0. The largest absolute Gasteiger partial charge is 0.664 e. The van der Waals surface area contributed by atoms with E-state index in [1.807, 2.05) is 13.1 Å². The summed E-state index contributed by atoms with van der Waals surface area (Å²) in [6.07, 6.45) is 4.46. The number of methoxy groups -OCH3 is 1. The first-order chi connectivity index (χ1) is 17.0. The summed E-state index contributed by atoms with van der Waals surface area (Å²) in [7, 11) is 5.17. The van der Waals surface area contributed by atoms with Crippen molar-refractivity contribution in [3.63, 3.8) is 0 Å². The third-order valence-electron chi connectivity index (χ3n) is 6.33. The normalized spacial score (nSPS) is 17.2. The number of anilines is 2. The minimum Gasteiger partial charge on any atom is -0.664 e. The van der Waals surface area contributed by atoms with Gasteiger partial charge in [-0.2, -0.15) is 19.2 Å². The van der Waals surface area contributed by atoms with Crippen LogP contribution in [-0.2, 0) is 4.79 Å². The quantitative estimate of drug-likeness (QED) is 0.323. The number of benzene rings is 2. The number of nitrogens with one attached hydrogen (secondary N) is 1. The van der Waals surface area contributed by atoms with E-state index in [0.717, 1.165) is 25.7 Å². The number of hydrogen-bond donors (Lipinski definition) is 1. The van der Waals surface area contributed by atoms with E-state index in [0.29, 0.717) is 41.3 Å². The first-order valence-electron chi connectivity index (χ1n) is 11.7. The molecule has 0 atom stereocenters. The molecule has 8 nitrogen and oxygen atoms in total. The summed E-state index contributed by atoms with van der Waals surface area (Å²) in [5, 5.41) is 7.78. The van der Waals surface area contributed by atoms with E-state index in [9.17, 15) is 9.18 Å². The monoisotopic (exact) mass is 717 g/mol. The van der Waals surface area contributed by atoms with Crippen LogP contribution >= 0.6 is 0 Å². The van der Waals surface area contributed by atoms with Crippen LogP contribution in [0.3, 0.4) is 0 Å². The molecule has 1 fully saturated rings. The van der Waals surface area contributed by atoms with Gasteiger partial charge in [-0.15, -0.1) is 18.7 Å². The number of hydrogen-bond acceptors (Lipinski definition) is 6. The molecule has 36 heavy (non-hydrogen) atoms. The number of ether oxygens (including phenoxy) is 2. The van der Waals surface area contributed by atoms with Gasteiger partial charge in [0.05, 0.1) is 18.7 Å². The van der Waals surface area contributed by atoms with Crippen molar-refractivity contribution in [3.05, 3.63) is 53.9 Å². The molecule has 0 unspecified atom stereocenters. The predicted octanol–water partition coefficient (Wildman–Crippen LogP) is 4.72. The number of fused-ring (bicyclic) bond motifs is 1. The second-order valence-electron chi connectivity index (χ2n) is 8.66. The van der Waals surface area contributed by atoms with Crippen molar-refractivity contribution in [1.82, 2.24) is 14.9 Å². The molecule has 2 aromatic carbocycles. The summed E-state index contributed by atoms with van der Waals surface area (Å²) in [6, 6.07) is 11.0. The van der Waals surface area contributed by atoms with Gasteiger partial charge < -0.3 is 25.0 Å². The third kappa shape index (κ3) is 6.67. The zero-order chi connectivity index (χ0) is 24.8. The molecule has 190 valence electrons. The SMILES string of the molecule is C[N-]CCN(C)C(=O)C1CCC(Oc2cc3c(Nc4ccc[c-]c4F)ncnc3cc2OC)CC1.[U]. The Morgan fingerprint density at radius 1 is 1.25 bits per heavy atom. The van der Waals surface area contributed by atoms with E-state index in [4.69, 9.17) is 9.47 Å². The van der Waals surface area contributed by atoms with Gasteiger partial charge in [0, 0.05) is 67.9 Å². The van der Waals surface area contributed by atoms with Crippen molar-refractivity contribution < 1.29 is 49.8 Å². The van der Waals surface area contributed by atoms with Gasteiger partial charge in [-0.25, -0.2) is 14.4 Å². The average Bonchev–Trinajstić information content (AvgIpc) is 2.88. The predicted molar refractivity (Wildman–Crippen MR) is 133 cm³/mol. The zero-order valence-electron chi connectivity index (χ0n) is 20.8. The van der Waals surface area contributed by atoms with Gasteiger partial charge >= 0.3 is 0 Å². The summed E-state index contributed by atoms with van der Waals surface area (Å²) >= 11 is 0. The Kier molecular flexibility index (Phi) is 10.3. The van der Waals surface area contributed by atoms with Crippen molar-refractivity contribution in [2.45, 2.75) is 31.8 Å². The number of carbonyl (C=O) groups is 1. The van der Waals surface area contributed by atoms with Crippen LogP contribution in [0.4, 0.5) is 15.9 Å². The maximum Gasteiger partial charge on any atom is 0.225 e. The van der Waals surface area contributed by atoms with Crippen LogP contribution in [-0.4, -0.2) is 61.2 Å². The van der Waals surface area contributed by atoms with Gasteiger partial charge in [-0.3, -0.25) is 4.79 Å². The molecule has 1 amide bonds. The molecule has 0 spiro atoms. The van der Waals surface area contributed by atoms with Gasteiger partial charge in [0.15, 0.2) is 11.5 Å². The molecule has 4 rings (SSSR count). The van der Waals surface area contributed by atoms with Crippen LogP contribution in [0, 0.1) is 48.9 Å². The molecule has 0 saturated heterocycles. The Bertz CT molecular complexity index is 1170. The van der Waals surface area contributed by atoms with Crippen LogP contribution in [0.15, 0.2) is 36.7 Å².